The van der Waals surface area contributed by atoms with Crippen LogP contribution in [0, 0.1) is 0 Å². The van der Waals surface area contributed by atoms with Gasteiger partial charge in [-0.25, -0.2) is 0 Å². The highest BCUT2D eigenvalue weighted by Gasteiger charge is 2.20. The van der Waals surface area contributed by atoms with Crippen LogP contribution in [0.2, 0.25) is 0 Å². The molecule has 0 saturated heterocycles. The van der Waals surface area contributed by atoms with Crippen molar-refractivity contribution in [2.75, 3.05) is 26.0 Å². The molecule has 0 atom stereocenters. The molecule has 3 aromatic rings. The second kappa shape index (κ2) is 8.77. The summed E-state index contributed by atoms with van der Waals surface area (Å²) in [6.07, 6.45) is 1.59. The van der Waals surface area contributed by atoms with Gasteiger partial charge in [0.25, 0.3) is 0 Å². The molecule has 0 bridgehead atoms. The van der Waals surface area contributed by atoms with Crippen LogP contribution in [-0.4, -0.2) is 51.5 Å². The van der Waals surface area contributed by atoms with E-state index in [9.17, 15) is 4.79 Å². The highest BCUT2D eigenvalue weighted by molar-refractivity contribution is 7.99. The molecule has 7 nitrogen and oxygen atoms in total. The molecule has 2 aromatic heterocycles. The Balaban J connectivity index is 1.96. The van der Waals surface area contributed by atoms with E-state index in [1.165, 1.54) is 11.8 Å². The molecule has 0 spiro atoms. The largest absolute Gasteiger partial charge is 0.497 e. The smallest absolute Gasteiger partial charge is 0.233 e. The van der Waals surface area contributed by atoms with Crippen molar-refractivity contribution in [1.29, 1.82) is 0 Å². The average molecular weight is 386 g/mol. The quantitative estimate of drug-likeness (QED) is 0.552. The molecule has 8 heteroatoms. The highest BCUT2D eigenvalue weighted by Crippen LogP contribution is 2.29. The fourth-order valence-corrected chi connectivity index (χ4v) is 3.56. The first-order valence-electron chi connectivity index (χ1n) is 8.72. The minimum absolute atomic E-state index is 0.0738. The van der Waals surface area contributed by atoms with Crippen molar-refractivity contribution in [3.8, 4) is 23.0 Å². The molecule has 0 radical (unpaired) electrons. The Morgan fingerprint density at radius 1 is 1.22 bits per heavy atom. The number of carbonyl (C=O) groups is 1. The molecule has 1 aromatic carbocycles. The van der Waals surface area contributed by atoms with Gasteiger partial charge < -0.3 is 14.1 Å². The number of benzene rings is 1. The Bertz CT molecular complexity index is 888. The SMILES string of the molecule is CCN(CC)C(=O)CSc1nnc(-c2ccco2)n1-c1cccc(OC)c1. The molecule has 0 fully saturated rings. The summed E-state index contributed by atoms with van der Waals surface area (Å²) in [6.45, 7) is 5.33. The summed E-state index contributed by atoms with van der Waals surface area (Å²) in [6, 6.07) is 11.2. The standard InChI is InChI=1S/C19H22N4O3S/c1-4-22(5-2)17(24)13-27-19-21-20-18(16-10-7-11-26-16)23(19)14-8-6-9-15(12-14)25-3/h6-12H,4-5,13H2,1-3H3. The first-order valence-corrected chi connectivity index (χ1v) is 9.70. The average Bonchev–Trinajstić information content (AvgIpc) is 3.36. The van der Waals surface area contributed by atoms with Crippen LogP contribution in [0.15, 0.2) is 52.2 Å². The van der Waals surface area contributed by atoms with Crippen LogP contribution >= 0.6 is 11.8 Å². The first-order chi connectivity index (χ1) is 13.2. The van der Waals surface area contributed by atoms with Crippen LogP contribution < -0.4 is 4.74 Å². The van der Waals surface area contributed by atoms with Gasteiger partial charge in [-0.15, -0.1) is 10.2 Å². The molecule has 1 amide bonds. The third-order valence-corrected chi connectivity index (χ3v) is 5.04. The molecule has 0 aliphatic carbocycles. The number of ether oxygens (including phenoxy) is 1. The van der Waals surface area contributed by atoms with E-state index in [0.29, 0.717) is 35.6 Å². The first kappa shape index (κ1) is 19.0. The van der Waals surface area contributed by atoms with E-state index in [1.54, 1.807) is 24.3 Å². The second-order valence-corrected chi connectivity index (χ2v) is 6.62. The third-order valence-electron chi connectivity index (χ3n) is 4.13. The van der Waals surface area contributed by atoms with E-state index in [2.05, 4.69) is 10.2 Å². The van der Waals surface area contributed by atoms with Crippen molar-refractivity contribution in [2.24, 2.45) is 0 Å². The summed E-state index contributed by atoms with van der Waals surface area (Å²) in [4.78, 5) is 14.2. The van der Waals surface area contributed by atoms with Crippen LogP contribution in [-0.2, 0) is 4.79 Å². The number of hydrogen-bond donors (Lipinski definition) is 0. The Kier molecular flexibility index (Phi) is 6.18. The molecule has 0 aliphatic heterocycles. The van der Waals surface area contributed by atoms with Crippen molar-refractivity contribution >= 4 is 17.7 Å². The Morgan fingerprint density at radius 3 is 2.70 bits per heavy atom. The predicted octanol–water partition coefficient (Wildman–Crippen LogP) is 3.50. The van der Waals surface area contributed by atoms with E-state index < -0.39 is 0 Å². The van der Waals surface area contributed by atoms with Crippen LogP contribution in [0.1, 0.15) is 13.8 Å². The number of nitrogens with zero attached hydrogens (tertiary/aromatic N) is 4. The zero-order valence-corrected chi connectivity index (χ0v) is 16.4. The highest BCUT2D eigenvalue weighted by atomic mass is 32.2. The maximum absolute atomic E-state index is 12.4. The number of thioether (sulfide) groups is 1. The number of furan rings is 1. The number of aromatic nitrogens is 3. The molecule has 2 heterocycles. The molecular weight excluding hydrogens is 364 g/mol. The summed E-state index contributed by atoms with van der Waals surface area (Å²) >= 11 is 1.36. The van der Waals surface area contributed by atoms with Gasteiger partial charge >= 0.3 is 0 Å². The lowest BCUT2D eigenvalue weighted by Crippen LogP contribution is -2.31. The molecule has 0 aliphatic rings. The summed E-state index contributed by atoms with van der Waals surface area (Å²) in [5.41, 5.74) is 0.837. The fourth-order valence-electron chi connectivity index (χ4n) is 2.71. The van der Waals surface area contributed by atoms with Crippen molar-refractivity contribution in [2.45, 2.75) is 19.0 Å². The number of methoxy groups -OCH3 is 1. The van der Waals surface area contributed by atoms with E-state index >= 15 is 0 Å². The maximum atomic E-state index is 12.4. The van der Waals surface area contributed by atoms with Crippen LogP contribution in [0.5, 0.6) is 5.75 Å². The summed E-state index contributed by atoms with van der Waals surface area (Å²) in [5.74, 6) is 2.27. The van der Waals surface area contributed by atoms with Gasteiger partial charge in [-0.2, -0.15) is 0 Å². The lowest BCUT2D eigenvalue weighted by atomic mass is 10.3. The van der Waals surface area contributed by atoms with Crippen LogP contribution in [0.25, 0.3) is 17.3 Å². The second-order valence-electron chi connectivity index (χ2n) is 5.68. The summed E-state index contributed by atoms with van der Waals surface area (Å²) < 4.78 is 12.7. The van der Waals surface area contributed by atoms with Crippen molar-refractivity contribution in [3.63, 3.8) is 0 Å². The number of carbonyl (C=O) groups excluding carboxylic acids is 1. The van der Waals surface area contributed by atoms with Crippen molar-refractivity contribution in [3.05, 3.63) is 42.7 Å². The van der Waals surface area contributed by atoms with Gasteiger partial charge in [0, 0.05) is 19.2 Å². The molecular formula is C19H22N4O3S. The minimum atomic E-state index is 0.0738. The minimum Gasteiger partial charge on any atom is -0.497 e. The van der Waals surface area contributed by atoms with Gasteiger partial charge in [-0.05, 0) is 38.1 Å². The lowest BCUT2D eigenvalue weighted by molar-refractivity contribution is -0.127. The molecule has 0 unspecified atom stereocenters. The topological polar surface area (TPSA) is 73.4 Å². The zero-order valence-electron chi connectivity index (χ0n) is 15.6. The molecule has 0 saturated carbocycles. The maximum Gasteiger partial charge on any atom is 0.233 e. The number of hydrogen-bond acceptors (Lipinski definition) is 6. The van der Waals surface area contributed by atoms with Crippen LogP contribution in [0.3, 0.4) is 0 Å². The van der Waals surface area contributed by atoms with Gasteiger partial charge in [0.15, 0.2) is 10.9 Å². The fraction of sp³-hybridized carbons (Fsp3) is 0.316. The van der Waals surface area contributed by atoms with Gasteiger partial charge in [-0.3, -0.25) is 9.36 Å². The van der Waals surface area contributed by atoms with Gasteiger partial charge in [-0.1, -0.05) is 17.8 Å². The van der Waals surface area contributed by atoms with Crippen LogP contribution in [0.4, 0.5) is 0 Å². The van der Waals surface area contributed by atoms with Crippen molar-refractivity contribution < 1.29 is 13.9 Å². The van der Waals surface area contributed by atoms with Gasteiger partial charge in [0.1, 0.15) is 5.75 Å². The Hall–Kier alpha value is -2.74. The van der Waals surface area contributed by atoms with Crippen molar-refractivity contribution in [1.82, 2.24) is 19.7 Å². The predicted molar refractivity (Wildman–Crippen MR) is 104 cm³/mol. The van der Waals surface area contributed by atoms with E-state index in [1.807, 2.05) is 48.7 Å². The number of amides is 1. The summed E-state index contributed by atoms with van der Waals surface area (Å²) in [5, 5.41) is 9.20. The third kappa shape index (κ3) is 4.16. The molecule has 0 N–H and O–H groups in total. The monoisotopic (exact) mass is 386 g/mol. The van der Waals surface area contributed by atoms with Gasteiger partial charge in [0.2, 0.25) is 11.7 Å². The zero-order chi connectivity index (χ0) is 19.2. The molecule has 142 valence electrons. The molecule has 3 rings (SSSR count). The van der Waals surface area contributed by atoms with E-state index in [0.717, 1.165) is 11.4 Å². The lowest BCUT2D eigenvalue weighted by Gasteiger charge is -2.18. The Morgan fingerprint density at radius 2 is 2.04 bits per heavy atom. The van der Waals surface area contributed by atoms with E-state index in [-0.39, 0.29) is 5.91 Å². The van der Waals surface area contributed by atoms with Gasteiger partial charge in [0.05, 0.1) is 24.8 Å². The Labute approximate surface area is 162 Å². The summed E-state index contributed by atoms with van der Waals surface area (Å²) in [7, 11) is 1.62. The normalized spacial score (nSPS) is 10.8. The molecule has 27 heavy (non-hydrogen) atoms. The number of rotatable bonds is 8. The van der Waals surface area contributed by atoms with E-state index in [4.69, 9.17) is 9.15 Å².